The SMILES string of the molecule is CCCCOc1nc(N)c2[nH]c(=O)n(CCCCN3CCC[C@H]3C)c2n1. The summed E-state index contributed by atoms with van der Waals surface area (Å²) >= 11 is 0. The number of anilines is 1. The number of imidazole rings is 1. The van der Waals surface area contributed by atoms with Crippen molar-refractivity contribution in [1.29, 1.82) is 0 Å². The van der Waals surface area contributed by atoms with Crippen LogP contribution in [0, 0.1) is 0 Å². The molecule has 26 heavy (non-hydrogen) atoms. The van der Waals surface area contributed by atoms with Crippen LogP contribution in [0.5, 0.6) is 6.01 Å². The molecule has 2 aromatic rings. The van der Waals surface area contributed by atoms with Crippen LogP contribution in [-0.4, -0.2) is 50.2 Å². The molecule has 8 heteroatoms. The van der Waals surface area contributed by atoms with Gasteiger partial charge in [-0.2, -0.15) is 9.97 Å². The fourth-order valence-electron chi connectivity index (χ4n) is 3.52. The Balaban J connectivity index is 1.66. The van der Waals surface area contributed by atoms with E-state index >= 15 is 0 Å². The lowest BCUT2D eigenvalue weighted by atomic mass is 10.2. The molecule has 1 aliphatic rings. The van der Waals surface area contributed by atoms with E-state index in [1.54, 1.807) is 4.57 Å². The van der Waals surface area contributed by atoms with Gasteiger partial charge in [0.1, 0.15) is 5.52 Å². The van der Waals surface area contributed by atoms with Crippen LogP contribution in [0.2, 0.25) is 0 Å². The molecule has 0 spiro atoms. The van der Waals surface area contributed by atoms with Gasteiger partial charge in [-0.15, -0.1) is 0 Å². The number of aryl methyl sites for hydroxylation is 1. The van der Waals surface area contributed by atoms with Crippen molar-refractivity contribution in [1.82, 2.24) is 24.4 Å². The van der Waals surface area contributed by atoms with Gasteiger partial charge in [0.25, 0.3) is 0 Å². The lowest BCUT2D eigenvalue weighted by molar-refractivity contribution is 0.261. The van der Waals surface area contributed by atoms with E-state index < -0.39 is 0 Å². The van der Waals surface area contributed by atoms with Crippen LogP contribution >= 0.6 is 0 Å². The highest BCUT2D eigenvalue weighted by Crippen LogP contribution is 2.19. The van der Waals surface area contributed by atoms with Crippen LogP contribution in [0.15, 0.2) is 4.79 Å². The van der Waals surface area contributed by atoms with Gasteiger partial charge in [-0.25, -0.2) is 4.79 Å². The maximum Gasteiger partial charge on any atom is 0.327 e. The fourth-order valence-corrected chi connectivity index (χ4v) is 3.52. The maximum absolute atomic E-state index is 12.3. The number of unbranched alkanes of at least 4 members (excludes halogenated alkanes) is 2. The summed E-state index contributed by atoms with van der Waals surface area (Å²) in [5.41, 5.74) is 6.80. The smallest absolute Gasteiger partial charge is 0.327 e. The first kappa shape index (κ1) is 18.7. The molecule has 0 unspecified atom stereocenters. The summed E-state index contributed by atoms with van der Waals surface area (Å²) in [5.74, 6) is 0.253. The van der Waals surface area contributed by atoms with Crippen LogP contribution < -0.4 is 16.2 Å². The highest BCUT2D eigenvalue weighted by molar-refractivity contribution is 5.81. The molecule has 144 valence electrons. The third-order valence-electron chi connectivity index (χ3n) is 5.13. The van der Waals surface area contributed by atoms with Crippen LogP contribution in [0.25, 0.3) is 11.2 Å². The van der Waals surface area contributed by atoms with E-state index in [4.69, 9.17) is 10.5 Å². The van der Waals surface area contributed by atoms with Crippen LogP contribution in [0.4, 0.5) is 5.82 Å². The summed E-state index contributed by atoms with van der Waals surface area (Å²) in [6, 6.07) is 0.920. The number of aromatic amines is 1. The van der Waals surface area contributed by atoms with Gasteiger partial charge in [0, 0.05) is 12.6 Å². The summed E-state index contributed by atoms with van der Waals surface area (Å²) in [7, 11) is 0. The largest absolute Gasteiger partial charge is 0.463 e. The first-order chi connectivity index (χ1) is 12.6. The molecule has 0 aliphatic carbocycles. The normalized spacial score (nSPS) is 18.0. The molecule has 0 amide bonds. The van der Waals surface area contributed by atoms with Crippen molar-refractivity contribution in [3.05, 3.63) is 10.5 Å². The summed E-state index contributed by atoms with van der Waals surface area (Å²) in [6.07, 6.45) is 6.52. The molecule has 8 nitrogen and oxygen atoms in total. The van der Waals surface area contributed by atoms with E-state index in [9.17, 15) is 4.79 Å². The highest BCUT2D eigenvalue weighted by Gasteiger charge is 2.19. The Hall–Kier alpha value is -2.09. The molecule has 3 heterocycles. The minimum atomic E-state index is -0.193. The highest BCUT2D eigenvalue weighted by atomic mass is 16.5. The number of aromatic nitrogens is 4. The molecule has 0 aromatic carbocycles. The molecule has 3 N–H and O–H groups in total. The summed E-state index contributed by atoms with van der Waals surface area (Å²) < 4.78 is 7.21. The van der Waals surface area contributed by atoms with E-state index in [0.29, 0.717) is 30.4 Å². The Labute approximate surface area is 153 Å². The van der Waals surface area contributed by atoms with Gasteiger partial charge >= 0.3 is 11.7 Å². The number of H-pyrrole nitrogens is 1. The maximum atomic E-state index is 12.3. The van der Waals surface area contributed by atoms with Crippen molar-refractivity contribution >= 4 is 17.0 Å². The Morgan fingerprint density at radius 2 is 2.08 bits per heavy atom. The third kappa shape index (κ3) is 4.17. The second kappa shape index (κ2) is 8.53. The molecule has 0 bridgehead atoms. The predicted octanol–water partition coefficient (Wildman–Crippen LogP) is 2.15. The van der Waals surface area contributed by atoms with Crippen LogP contribution in [-0.2, 0) is 6.54 Å². The minimum Gasteiger partial charge on any atom is -0.463 e. The molecular weight excluding hydrogens is 332 g/mol. The van der Waals surface area contributed by atoms with Gasteiger partial charge in [0.05, 0.1) is 6.61 Å². The molecule has 1 atom stereocenters. The molecule has 1 saturated heterocycles. The molecule has 2 aromatic heterocycles. The summed E-state index contributed by atoms with van der Waals surface area (Å²) in [4.78, 5) is 26.1. The van der Waals surface area contributed by atoms with Crippen molar-refractivity contribution in [3.8, 4) is 6.01 Å². The van der Waals surface area contributed by atoms with E-state index in [-0.39, 0.29) is 17.5 Å². The minimum absolute atomic E-state index is 0.193. The number of likely N-dealkylation sites (tertiary alicyclic amines) is 1. The first-order valence-corrected chi connectivity index (χ1v) is 9.73. The molecule has 1 fully saturated rings. The number of ether oxygens (including phenoxy) is 1. The lowest BCUT2D eigenvalue weighted by Crippen LogP contribution is -2.28. The molecule has 0 saturated carbocycles. The topological polar surface area (TPSA) is 102 Å². The van der Waals surface area contributed by atoms with Gasteiger partial charge in [0.2, 0.25) is 0 Å². The number of nitrogens with two attached hydrogens (primary N) is 1. The monoisotopic (exact) mass is 362 g/mol. The van der Waals surface area contributed by atoms with Crippen molar-refractivity contribution in [2.24, 2.45) is 0 Å². The molecule has 0 radical (unpaired) electrons. The van der Waals surface area contributed by atoms with Gasteiger partial charge in [-0.3, -0.25) is 4.57 Å². The van der Waals surface area contributed by atoms with E-state index in [1.807, 2.05) is 0 Å². The molecule has 1 aliphatic heterocycles. The number of hydrogen-bond donors (Lipinski definition) is 2. The van der Waals surface area contributed by atoms with Gasteiger partial charge in [0.15, 0.2) is 11.5 Å². The van der Waals surface area contributed by atoms with E-state index in [0.717, 1.165) is 32.2 Å². The predicted molar refractivity (Wildman–Crippen MR) is 102 cm³/mol. The van der Waals surface area contributed by atoms with Gasteiger partial charge in [-0.05, 0) is 52.1 Å². The Bertz CT molecular complexity index is 784. The number of nitrogens with one attached hydrogen (secondary N) is 1. The number of fused-ring (bicyclic) bond motifs is 1. The fraction of sp³-hybridized carbons (Fsp3) is 0.722. The second-order valence-corrected chi connectivity index (χ2v) is 7.11. The Morgan fingerprint density at radius 1 is 1.27 bits per heavy atom. The summed E-state index contributed by atoms with van der Waals surface area (Å²) in [5, 5.41) is 0. The third-order valence-corrected chi connectivity index (χ3v) is 5.13. The standard InChI is InChI=1S/C18H30N6O2/c1-3-4-12-26-17-21-15(19)14-16(22-17)24(18(25)20-14)11-6-5-9-23-10-7-8-13(23)2/h13H,3-12H2,1-2H3,(H,20,25)(H2,19,21,22)/t13-/m1/s1. The average molecular weight is 362 g/mol. The first-order valence-electron chi connectivity index (χ1n) is 9.73. The van der Waals surface area contributed by atoms with Gasteiger partial charge < -0.3 is 20.4 Å². The number of rotatable bonds is 9. The lowest BCUT2D eigenvalue weighted by Gasteiger charge is -2.20. The van der Waals surface area contributed by atoms with Crippen molar-refractivity contribution in [2.75, 3.05) is 25.4 Å². The van der Waals surface area contributed by atoms with Crippen molar-refractivity contribution < 1.29 is 4.74 Å². The Morgan fingerprint density at radius 3 is 2.81 bits per heavy atom. The zero-order chi connectivity index (χ0) is 18.5. The molecule has 3 rings (SSSR count). The van der Waals surface area contributed by atoms with Crippen LogP contribution in [0.1, 0.15) is 52.4 Å². The number of hydrogen-bond acceptors (Lipinski definition) is 6. The van der Waals surface area contributed by atoms with Crippen LogP contribution in [0.3, 0.4) is 0 Å². The number of nitrogen functional groups attached to an aromatic ring is 1. The van der Waals surface area contributed by atoms with E-state index in [2.05, 4.69) is 33.7 Å². The molecular formula is C18H30N6O2. The zero-order valence-corrected chi connectivity index (χ0v) is 15.8. The average Bonchev–Trinajstić information content (AvgIpc) is 3.16. The second-order valence-electron chi connectivity index (χ2n) is 7.11. The summed E-state index contributed by atoms with van der Waals surface area (Å²) in [6.45, 7) is 7.82. The quantitative estimate of drug-likeness (QED) is 0.663. The zero-order valence-electron chi connectivity index (χ0n) is 15.8. The Kier molecular flexibility index (Phi) is 6.13. The van der Waals surface area contributed by atoms with Crippen molar-refractivity contribution in [3.63, 3.8) is 0 Å². The van der Waals surface area contributed by atoms with E-state index in [1.165, 1.54) is 19.4 Å². The number of nitrogens with zero attached hydrogens (tertiary/aromatic N) is 4. The van der Waals surface area contributed by atoms with Crippen molar-refractivity contribution in [2.45, 2.75) is 65.0 Å². The van der Waals surface area contributed by atoms with Gasteiger partial charge in [-0.1, -0.05) is 13.3 Å².